The fourth-order valence-corrected chi connectivity index (χ4v) is 6.24. The van der Waals surface area contributed by atoms with Crippen LogP contribution < -0.4 is 5.32 Å². The molecule has 1 atom stereocenters. The van der Waals surface area contributed by atoms with Crippen LogP contribution in [0, 0.1) is 23.7 Å². The summed E-state index contributed by atoms with van der Waals surface area (Å²) in [5, 5.41) is 8.79. The van der Waals surface area contributed by atoms with Gasteiger partial charge in [0.1, 0.15) is 0 Å². The predicted molar refractivity (Wildman–Crippen MR) is 119 cm³/mol. The number of hydrogen-bond donors (Lipinski definition) is 1. The van der Waals surface area contributed by atoms with Crippen LogP contribution in [-0.4, -0.2) is 47.2 Å². The van der Waals surface area contributed by atoms with Crippen LogP contribution in [0.4, 0.5) is 10.8 Å². The molecule has 154 valence electrons. The number of nitrogens with one attached hydrogen (secondary N) is 1. The van der Waals surface area contributed by atoms with E-state index in [1.165, 1.54) is 22.5 Å². The first-order valence-electron chi connectivity index (χ1n) is 9.50. The van der Waals surface area contributed by atoms with Gasteiger partial charge in [0, 0.05) is 18.3 Å². The number of nitrogens with zero attached hydrogens (tertiary/aromatic N) is 3. The first-order chi connectivity index (χ1) is 13.1. The third-order valence-electron chi connectivity index (χ3n) is 5.09. The quantitative estimate of drug-likeness (QED) is 0.653. The Morgan fingerprint density at radius 3 is 2.79 bits per heavy atom. The van der Waals surface area contributed by atoms with Gasteiger partial charge in [0.05, 0.1) is 18.2 Å². The van der Waals surface area contributed by atoms with Crippen LogP contribution in [0.25, 0.3) is 0 Å². The fraction of sp³-hybridized carbons (Fsp3) is 0.579. The van der Waals surface area contributed by atoms with Crippen molar-refractivity contribution in [2.45, 2.75) is 46.8 Å². The summed E-state index contributed by atoms with van der Waals surface area (Å²) in [4.78, 5) is 2.21. The summed E-state index contributed by atoms with van der Waals surface area (Å²) in [6.45, 7) is 9.79. The van der Waals surface area contributed by atoms with E-state index in [1.54, 1.807) is 4.68 Å². The SMILES string of the molecule is Cc1cccc(Nc2nn(CN(CC(C)C)C3CCS(=O)(=O)C3)c(=S)s2)c1C. The minimum absolute atomic E-state index is 0.0337. The summed E-state index contributed by atoms with van der Waals surface area (Å²) in [6, 6.07) is 6.17. The maximum absolute atomic E-state index is 11.9. The Labute approximate surface area is 176 Å². The van der Waals surface area contributed by atoms with Crippen LogP contribution in [0.5, 0.6) is 0 Å². The van der Waals surface area contributed by atoms with Crippen molar-refractivity contribution < 1.29 is 8.42 Å². The number of sulfone groups is 1. The van der Waals surface area contributed by atoms with Crippen molar-refractivity contribution in [3.63, 3.8) is 0 Å². The van der Waals surface area contributed by atoms with Crippen molar-refractivity contribution >= 4 is 44.2 Å². The molecule has 9 heteroatoms. The molecule has 3 rings (SSSR count). The second-order valence-electron chi connectivity index (χ2n) is 7.91. The molecule has 1 N–H and O–H groups in total. The monoisotopic (exact) mass is 440 g/mol. The van der Waals surface area contributed by atoms with E-state index in [4.69, 9.17) is 12.2 Å². The Kier molecular flexibility index (Phi) is 6.58. The topological polar surface area (TPSA) is 67.2 Å². The van der Waals surface area contributed by atoms with Gasteiger partial charge in [-0.25, -0.2) is 13.1 Å². The van der Waals surface area contributed by atoms with E-state index in [2.05, 4.69) is 49.1 Å². The lowest BCUT2D eigenvalue weighted by Gasteiger charge is -2.29. The Hall–Kier alpha value is -1.29. The summed E-state index contributed by atoms with van der Waals surface area (Å²) in [7, 11) is -2.93. The Balaban J connectivity index is 1.79. The highest BCUT2D eigenvalue weighted by molar-refractivity contribution is 7.91. The van der Waals surface area contributed by atoms with Gasteiger partial charge in [0.2, 0.25) is 5.13 Å². The normalized spacial score (nSPS) is 18.9. The highest BCUT2D eigenvalue weighted by atomic mass is 32.2. The molecule has 1 saturated heterocycles. The van der Waals surface area contributed by atoms with E-state index < -0.39 is 9.84 Å². The number of hydrogen-bond acceptors (Lipinski definition) is 7. The zero-order valence-electron chi connectivity index (χ0n) is 16.8. The first-order valence-corrected chi connectivity index (χ1v) is 12.5. The molecule has 1 fully saturated rings. The summed E-state index contributed by atoms with van der Waals surface area (Å²) >= 11 is 6.97. The molecule has 0 amide bonds. The smallest absolute Gasteiger partial charge is 0.209 e. The van der Waals surface area contributed by atoms with Gasteiger partial charge < -0.3 is 5.32 Å². The molecule has 6 nitrogen and oxygen atoms in total. The highest BCUT2D eigenvalue weighted by Gasteiger charge is 2.32. The molecular weight excluding hydrogens is 412 g/mol. The molecule has 2 heterocycles. The summed E-state index contributed by atoms with van der Waals surface area (Å²) in [5.74, 6) is 0.933. The third kappa shape index (κ3) is 5.20. The van der Waals surface area contributed by atoms with Crippen molar-refractivity contribution in [2.24, 2.45) is 5.92 Å². The van der Waals surface area contributed by atoms with Gasteiger partial charge in [-0.1, -0.05) is 37.3 Å². The predicted octanol–water partition coefficient (Wildman–Crippen LogP) is 4.14. The summed E-state index contributed by atoms with van der Waals surface area (Å²) in [6.07, 6.45) is 0.681. The second-order valence-corrected chi connectivity index (χ2v) is 11.8. The van der Waals surface area contributed by atoms with E-state index in [0.717, 1.165) is 17.4 Å². The second kappa shape index (κ2) is 8.61. The van der Waals surface area contributed by atoms with Gasteiger partial charge in [0.15, 0.2) is 13.8 Å². The lowest BCUT2D eigenvalue weighted by atomic mass is 10.1. The molecule has 2 aromatic rings. The molecule has 1 aliphatic rings. The number of rotatable bonds is 7. The molecule has 1 aliphatic heterocycles. The van der Waals surface area contributed by atoms with Crippen LogP contribution in [0.15, 0.2) is 18.2 Å². The molecule has 0 saturated carbocycles. The maximum Gasteiger partial charge on any atom is 0.209 e. The van der Waals surface area contributed by atoms with Gasteiger partial charge >= 0.3 is 0 Å². The van der Waals surface area contributed by atoms with Gasteiger partial charge in [-0.05, 0) is 55.6 Å². The number of aryl methyl sites for hydroxylation is 1. The minimum Gasteiger partial charge on any atom is -0.330 e. The van der Waals surface area contributed by atoms with Crippen LogP contribution in [0.1, 0.15) is 31.4 Å². The number of aromatic nitrogens is 2. The van der Waals surface area contributed by atoms with Gasteiger partial charge in [0.25, 0.3) is 0 Å². The van der Waals surface area contributed by atoms with E-state index in [1.807, 2.05) is 12.1 Å². The van der Waals surface area contributed by atoms with E-state index >= 15 is 0 Å². The Bertz CT molecular complexity index is 995. The van der Waals surface area contributed by atoms with E-state index in [-0.39, 0.29) is 17.5 Å². The minimum atomic E-state index is -2.93. The standard InChI is InChI=1S/C19H28N4O2S3/c1-13(2)10-22(16-8-9-28(24,25)11-16)12-23-19(26)27-18(21-23)20-17-7-5-6-14(3)15(17)4/h5-7,13,16H,8-12H2,1-4H3,(H,20,21). The molecular formula is C19H28N4O2S3. The highest BCUT2D eigenvalue weighted by Crippen LogP contribution is 2.26. The zero-order valence-corrected chi connectivity index (χ0v) is 19.3. The molecule has 0 aliphatic carbocycles. The first kappa shape index (κ1) is 21.4. The van der Waals surface area contributed by atoms with E-state index in [0.29, 0.717) is 23.0 Å². The molecule has 0 bridgehead atoms. The van der Waals surface area contributed by atoms with Crippen LogP contribution in [0.2, 0.25) is 0 Å². The van der Waals surface area contributed by atoms with Gasteiger partial charge in [-0.3, -0.25) is 4.90 Å². The lowest BCUT2D eigenvalue weighted by Crippen LogP contribution is -2.40. The zero-order chi connectivity index (χ0) is 20.5. The van der Waals surface area contributed by atoms with Gasteiger partial charge in [-0.2, -0.15) is 0 Å². The van der Waals surface area contributed by atoms with Gasteiger partial charge in [-0.15, -0.1) is 5.10 Å². The van der Waals surface area contributed by atoms with Crippen LogP contribution >= 0.6 is 23.6 Å². The largest absolute Gasteiger partial charge is 0.330 e. The molecule has 0 radical (unpaired) electrons. The fourth-order valence-electron chi connectivity index (χ4n) is 3.47. The van der Waals surface area contributed by atoms with Crippen LogP contribution in [-0.2, 0) is 16.5 Å². The lowest BCUT2D eigenvalue weighted by molar-refractivity contribution is 0.138. The number of anilines is 2. The summed E-state index contributed by atoms with van der Waals surface area (Å²) < 4.78 is 26.4. The molecule has 28 heavy (non-hydrogen) atoms. The average molecular weight is 441 g/mol. The van der Waals surface area contributed by atoms with Crippen molar-refractivity contribution in [1.29, 1.82) is 0 Å². The summed E-state index contributed by atoms with van der Waals surface area (Å²) in [5.41, 5.74) is 3.43. The van der Waals surface area contributed by atoms with Crippen molar-refractivity contribution in [1.82, 2.24) is 14.7 Å². The van der Waals surface area contributed by atoms with Crippen molar-refractivity contribution in [3.05, 3.63) is 33.3 Å². The average Bonchev–Trinajstić information content (AvgIpc) is 3.13. The van der Waals surface area contributed by atoms with E-state index in [9.17, 15) is 8.42 Å². The van der Waals surface area contributed by atoms with Crippen molar-refractivity contribution in [2.75, 3.05) is 23.4 Å². The van der Waals surface area contributed by atoms with Crippen LogP contribution in [0.3, 0.4) is 0 Å². The third-order valence-corrected chi connectivity index (χ3v) is 8.07. The molecule has 1 aromatic carbocycles. The number of benzene rings is 1. The maximum atomic E-state index is 11.9. The van der Waals surface area contributed by atoms with Crippen molar-refractivity contribution in [3.8, 4) is 0 Å². The molecule has 0 spiro atoms. The Morgan fingerprint density at radius 2 is 2.14 bits per heavy atom. The Morgan fingerprint density at radius 1 is 1.39 bits per heavy atom. The molecule has 1 unspecified atom stereocenters. The molecule has 1 aromatic heterocycles.